The lowest BCUT2D eigenvalue weighted by Crippen LogP contribution is -2.24. The van der Waals surface area contributed by atoms with E-state index in [0.29, 0.717) is 28.8 Å². The Hall–Kier alpha value is -9.65. The molecule has 2 aromatic heterocycles. The second kappa shape index (κ2) is 23.2. The van der Waals surface area contributed by atoms with Gasteiger partial charge in [0, 0.05) is 63.1 Å². The molecule has 1 aliphatic heterocycles. The molecule has 6 heteroatoms. The molecule has 0 saturated carbocycles. The lowest BCUT2D eigenvalue weighted by Gasteiger charge is -2.28. The normalized spacial score (nSPS) is 14.6. The van der Waals surface area contributed by atoms with E-state index in [1.54, 1.807) is 18.2 Å². The Kier molecular flexibility index (Phi) is 12.6. The summed E-state index contributed by atoms with van der Waals surface area (Å²) >= 11 is 0. The molecule has 0 radical (unpaired) electrons. The van der Waals surface area contributed by atoms with E-state index in [9.17, 15) is 5.48 Å². The van der Waals surface area contributed by atoms with E-state index in [4.69, 9.17) is 22.7 Å². The zero-order valence-electron chi connectivity index (χ0n) is 65.6. The van der Waals surface area contributed by atoms with Crippen molar-refractivity contribution in [2.45, 2.75) is 131 Å². The number of hydrogen-bond donors (Lipinski definition) is 0. The number of benzene rings is 10. The standard InChI is InChI=1S/C86H86N4O2/c1-82(2,3)60-39-42-75-74(51-60)73-41-40-67(91-66-32-24-31-65(52-66)88-55-89(77-38-23-22-37-76(77)88)80-69(56-27-18-16-19-28-56)33-25-34-70(80)57-29-20-17-21-30-57)53-78(73)90(75)79-54-68(43-44-87-79)92-81-71(58-45-61(83(4,5)6)49-62(46-58)84(7,8)9)35-26-36-72(81)59-47-63(85(10,11)12)50-64(48-59)86(13,14)15/h16-54H,55H2,1-15H3/i16D,17D,18D,19D,20D,21D,27D,28D,29D,30D. The Labute approximate surface area is 559 Å². The summed E-state index contributed by atoms with van der Waals surface area (Å²) in [7, 11) is 0. The summed E-state index contributed by atoms with van der Waals surface area (Å²) in [4.78, 5) is 9.12. The van der Waals surface area contributed by atoms with Gasteiger partial charge in [0.2, 0.25) is 0 Å². The van der Waals surface area contributed by atoms with Crippen LogP contribution in [0.1, 0.15) is 145 Å². The van der Waals surface area contributed by atoms with E-state index in [1.165, 1.54) is 27.8 Å². The van der Waals surface area contributed by atoms with Crippen molar-refractivity contribution >= 4 is 44.6 Å². The first-order chi connectivity index (χ1) is 47.9. The fourth-order valence-corrected chi connectivity index (χ4v) is 12.4. The summed E-state index contributed by atoms with van der Waals surface area (Å²) < 4.78 is 105. The van der Waals surface area contributed by atoms with Crippen molar-refractivity contribution in [1.82, 2.24) is 9.55 Å². The molecule has 0 spiro atoms. The van der Waals surface area contributed by atoms with Gasteiger partial charge in [-0.05, 0) is 132 Å². The molecule has 92 heavy (non-hydrogen) atoms. The van der Waals surface area contributed by atoms with Crippen molar-refractivity contribution in [1.29, 1.82) is 0 Å². The third-order valence-corrected chi connectivity index (χ3v) is 17.7. The Morgan fingerprint density at radius 2 is 0.859 bits per heavy atom. The molecular formula is C86H86N4O2. The van der Waals surface area contributed by atoms with Crippen LogP contribution in [-0.2, 0) is 27.1 Å². The topological polar surface area (TPSA) is 42.8 Å². The summed E-state index contributed by atoms with van der Waals surface area (Å²) in [6.07, 6.45) is 1.82. The zero-order valence-corrected chi connectivity index (χ0v) is 55.6. The van der Waals surface area contributed by atoms with E-state index >= 15 is 0 Å². The van der Waals surface area contributed by atoms with Crippen LogP contribution >= 0.6 is 0 Å². The average Bonchev–Trinajstić information content (AvgIpc) is 1.40. The third kappa shape index (κ3) is 12.0. The summed E-state index contributed by atoms with van der Waals surface area (Å²) in [5.41, 5.74) is 14.0. The minimum absolute atomic E-state index is 0.0838. The lowest BCUT2D eigenvalue weighted by atomic mass is 9.78. The summed E-state index contributed by atoms with van der Waals surface area (Å²) in [5, 5.41) is 2.05. The molecule has 0 aliphatic carbocycles. The monoisotopic (exact) mass is 1220 g/mol. The van der Waals surface area contributed by atoms with Crippen LogP contribution in [0.15, 0.2) is 236 Å². The van der Waals surface area contributed by atoms with Crippen molar-refractivity contribution in [2.75, 3.05) is 16.5 Å². The Bertz CT molecular complexity index is 5090. The number of pyridine rings is 1. The van der Waals surface area contributed by atoms with Gasteiger partial charge in [-0.25, -0.2) is 4.98 Å². The van der Waals surface area contributed by atoms with Gasteiger partial charge in [-0.15, -0.1) is 0 Å². The highest BCUT2D eigenvalue weighted by atomic mass is 16.5. The SMILES string of the molecule is [2H]c1c([2H])c([2H])c(-c2cccc(-c3c([2H])c([2H])c([2H])c([2H])c3[2H])c2N2CN(c3cccc(Oc4ccc5c6cc(C(C)(C)C)ccc6n(-c6cc(Oc7c(-c8cc(C(C)(C)C)cc(C(C)(C)C)c8)cccc7-c7cc(C(C)(C)C)cc(C(C)(C)C)c7)ccn6)c5c4)c3)c3ccccc32)c([2H])c1[2H]. The highest BCUT2D eigenvalue weighted by Gasteiger charge is 2.33. The quantitative estimate of drug-likeness (QED) is 0.129. The van der Waals surface area contributed by atoms with Crippen molar-refractivity contribution < 1.29 is 23.2 Å². The first-order valence-electron chi connectivity index (χ1n) is 36.8. The van der Waals surface area contributed by atoms with Crippen molar-refractivity contribution in [3.05, 3.63) is 264 Å². The summed E-state index contributed by atoms with van der Waals surface area (Å²) in [6, 6.07) is 52.5. The summed E-state index contributed by atoms with van der Waals surface area (Å²) in [6.45, 7) is 34.0. The number of para-hydroxylation sites is 4. The summed E-state index contributed by atoms with van der Waals surface area (Å²) in [5.74, 6) is 3.07. The minimum atomic E-state index is -0.560. The molecule has 13 rings (SSSR count). The minimum Gasteiger partial charge on any atom is -0.457 e. The highest BCUT2D eigenvalue weighted by Crippen LogP contribution is 2.52. The van der Waals surface area contributed by atoms with Crippen molar-refractivity contribution in [3.8, 4) is 73.3 Å². The fourth-order valence-electron chi connectivity index (χ4n) is 12.4. The number of nitrogens with zero attached hydrogens (tertiary/aromatic N) is 4. The molecule has 3 heterocycles. The average molecular weight is 1220 g/mol. The largest absolute Gasteiger partial charge is 0.457 e. The molecule has 0 bridgehead atoms. The Balaban J connectivity index is 0.926. The molecule has 0 N–H and O–H groups in total. The lowest BCUT2D eigenvalue weighted by molar-refractivity contribution is 0.483. The van der Waals surface area contributed by atoms with Gasteiger partial charge in [0.25, 0.3) is 0 Å². The second-order valence-corrected chi connectivity index (χ2v) is 29.5. The van der Waals surface area contributed by atoms with Gasteiger partial charge in [0.05, 0.1) is 41.8 Å². The van der Waals surface area contributed by atoms with E-state index < -0.39 is 60.4 Å². The predicted molar refractivity (Wildman–Crippen MR) is 389 cm³/mol. The van der Waals surface area contributed by atoms with Crippen LogP contribution in [0.25, 0.3) is 72.1 Å². The molecule has 10 aromatic carbocycles. The molecule has 0 saturated heterocycles. The molecule has 0 unspecified atom stereocenters. The smallest absolute Gasteiger partial charge is 0.143 e. The fraction of sp³-hybridized carbons (Fsp3) is 0.244. The van der Waals surface area contributed by atoms with E-state index in [-0.39, 0.29) is 61.7 Å². The van der Waals surface area contributed by atoms with Crippen LogP contribution in [0.3, 0.4) is 0 Å². The predicted octanol–water partition coefficient (Wildman–Crippen LogP) is 24.2. The number of hydrogen-bond acceptors (Lipinski definition) is 5. The molecule has 0 amide bonds. The van der Waals surface area contributed by atoms with Gasteiger partial charge in [-0.3, -0.25) is 4.57 Å². The number of ether oxygens (including phenoxy) is 2. The van der Waals surface area contributed by atoms with Gasteiger partial charge >= 0.3 is 0 Å². The zero-order chi connectivity index (χ0) is 73.4. The van der Waals surface area contributed by atoms with Crippen LogP contribution in [0.4, 0.5) is 22.7 Å². The molecular weight excluding hydrogens is 1120 g/mol. The maximum Gasteiger partial charge on any atom is 0.143 e. The van der Waals surface area contributed by atoms with Gasteiger partial charge in [-0.1, -0.05) is 261 Å². The van der Waals surface area contributed by atoms with Crippen LogP contribution < -0.4 is 19.3 Å². The second-order valence-electron chi connectivity index (χ2n) is 29.5. The van der Waals surface area contributed by atoms with Crippen LogP contribution in [0.5, 0.6) is 23.0 Å². The molecule has 0 fully saturated rings. The first kappa shape index (κ1) is 50.0. The molecule has 12 aromatic rings. The van der Waals surface area contributed by atoms with E-state index in [1.807, 2.05) is 77.8 Å². The Morgan fingerprint density at radius 3 is 1.39 bits per heavy atom. The number of anilines is 4. The van der Waals surface area contributed by atoms with Crippen LogP contribution in [-0.4, -0.2) is 16.2 Å². The molecule has 462 valence electrons. The highest BCUT2D eigenvalue weighted by molar-refractivity contribution is 6.10. The number of fused-ring (bicyclic) bond motifs is 4. The maximum atomic E-state index is 9.19. The molecule has 0 atom stereocenters. The van der Waals surface area contributed by atoms with Crippen molar-refractivity contribution in [2.24, 2.45) is 0 Å². The number of rotatable bonds is 11. The maximum absolute atomic E-state index is 9.19. The van der Waals surface area contributed by atoms with Gasteiger partial charge < -0.3 is 19.3 Å². The molecule has 1 aliphatic rings. The molecule has 6 nitrogen and oxygen atoms in total. The van der Waals surface area contributed by atoms with Crippen LogP contribution in [0.2, 0.25) is 0 Å². The van der Waals surface area contributed by atoms with E-state index in [2.05, 4.69) is 198 Å². The Morgan fingerprint density at radius 1 is 0.370 bits per heavy atom. The van der Waals surface area contributed by atoms with Gasteiger partial charge in [0.15, 0.2) is 0 Å². The number of aromatic nitrogens is 2. The van der Waals surface area contributed by atoms with Crippen LogP contribution in [0, 0.1) is 0 Å². The van der Waals surface area contributed by atoms with Gasteiger partial charge in [0.1, 0.15) is 35.5 Å². The first-order valence-corrected chi connectivity index (χ1v) is 31.8. The third-order valence-electron chi connectivity index (χ3n) is 17.7. The van der Waals surface area contributed by atoms with Gasteiger partial charge in [-0.2, -0.15) is 0 Å². The van der Waals surface area contributed by atoms with Crippen molar-refractivity contribution in [3.63, 3.8) is 0 Å². The van der Waals surface area contributed by atoms with E-state index in [0.717, 1.165) is 61.2 Å².